The van der Waals surface area contributed by atoms with Gasteiger partial charge in [0, 0.05) is 21.9 Å². The highest BCUT2D eigenvalue weighted by atomic mass is 15.1. The van der Waals surface area contributed by atoms with Gasteiger partial charge in [0.2, 0.25) is 0 Å². The first-order valence-corrected chi connectivity index (χ1v) is 17.9. The van der Waals surface area contributed by atoms with Crippen molar-refractivity contribution in [1.82, 2.24) is 19.5 Å². The number of nitrogens with zero attached hydrogens (tertiary/aromatic N) is 4. The second kappa shape index (κ2) is 12.9. The Kier molecular flexibility index (Phi) is 7.43. The zero-order valence-electron chi connectivity index (χ0n) is 28.8. The van der Waals surface area contributed by atoms with E-state index in [1.54, 1.807) is 0 Å². The molecular weight excluding hydrogens is 645 g/mol. The topological polar surface area (TPSA) is 43.6 Å². The van der Waals surface area contributed by atoms with E-state index in [1.165, 1.54) is 21.9 Å². The van der Waals surface area contributed by atoms with E-state index >= 15 is 0 Å². The summed E-state index contributed by atoms with van der Waals surface area (Å²) >= 11 is 0. The van der Waals surface area contributed by atoms with Crippen molar-refractivity contribution in [1.29, 1.82) is 0 Å². The first kappa shape index (κ1) is 30.6. The fraction of sp³-hybridized carbons (Fsp3) is 0. The first-order chi connectivity index (χ1) is 26.3. The van der Waals surface area contributed by atoms with Gasteiger partial charge in [0.15, 0.2) is 17.5 Å². The lowest BCUT2D eigenvalue weighted by molar-refractivity contribution is 1.07. The molecule has 10 aromatic rings. The van der Waals surface area contributed by atoms with E-state index in [0.717, 1.165) is 55.3 Å². The van der Waals surface area contributed by atoms with Crippen LogP contribution in [-0.4, -0.2) is 19.5 Å². The van der Waals surface area contributed by atoms with Crippen LogP contribution >= 0.6 is 0 Å². The normalized spacial score (nSPS) is 11.4. The van der Waals surface area contributed by atoms with Gasteiger partial charge in [0.05, 0.1) is 22.3 Å². The average molecular weight is 677 g/mol. The molecule has 0 aliphatic rings. The molecule has 4 heteroatoms. The predicted molar refractivity (Wildman–Crippen MR) is 219 cm³/mol. The van der Waals surface area contributed by atoms with Crippen LogP contribution in [0, 0.1) is 0 Å². The van der Waals surface area contributed by atoms with Crippen LogP contribution < -0.4 is 0 Å². The van der Waals surface area contributed by atoms with Gasteiger partial charge in [-0.05, 0) is 57.3 Å². The summed E-state index contributed by atoms with van der Waals surface area (Å²) in [6.07, 6.45) is 0. The van der Waals surface area contributed by atoms with Gasteiger partial charge in [-0.15, -0.1) is 0 Å². The summed E-state index contributed by atoms with van der Waals surface area (Å²) in [5, 5.41) is 4.58. The largest absolute Gasteiger partial charge is 0.308 e. The molecule has 0 N–H and O–H groups in total. The summed E-state index contributed by atoms with van der Waals surface area (Å²) < 4.78 is 2.39. The van der Waals surface area contributed by atoms with Crippen molar-refractivity contribution >= 4 is 32.6 Å². The number of rotatable bonds is 6. The quantitative estimate of drug-likeness (QED) is 0.176. The third kappa shape index (κ3) is 5.36. The number of para-hydroxylation sites is 2. The molecule has 0 saturated carbocycles. The Labute approximate surface area is 307 Å². The Morgan fingerprint density at radius 1 is 0.302 bits per heavy atom. The molecule has 0 fully saturated rings. The Hall–Kier alpha value is -7.17. The Bertz CT molecular complexity index is 2820. The van der Waals surface area contributed by atoms with Crippen molar-refractivity contribution in [2.75, 3.05) is 0 Å². The van der Waals surface area contributed by atoms with Gasteiger partial charge in [-0.1, -0.05) is 170 Å². The predicted octanol–water partition coefficient (Wildman–Crippen LogP) is 12.5. The number of hydrogen-bond acceptors (Lipinski definition) is 3. The van der Waals surface area contributed by atoms with Crippen molar-refractivity contribution in [3.8, 4) is 62.1 Å². The molecule has 53 heavy (non-hydrogen) atoms. The maximum absolute atomic E-state index is 5.30. The number of benzene rings is 8. The van der Waals surface area contributed by atoms with E-state index in [-0.39, 0.29) is 0 Å². The Morgan fingerprint density at radius 2 is 0.736 bits per heavy atom. The van der Waals surface area contributed by atoms with Crippen molar-refractivity contribution < 1.29 is 0 Å². The highest BCUT2D eigenvalue weighted by Gasteiger charge is 2.23. The summed E-state index contributed by atoms with van der Waals surface area (Å²) in [5.41, 5.74) is 10.7. The highest BCUT2D eigenvalue weighted by molar-refractivity contribution is 6.13. The zero-order valence-corrected chi connectivity index (χ0v) is 28.8. The van der Waals surface area contributed by atoms with Crippen LogP contribution in [-0.2, 0) is 0 Å². The van der Waals surface area contributed by atoms with E-state index in [2.05, 4.69) is 162 Å². The number of aromatic nitrogens is 4. The summed E-state index contributed by atoms with van der Waals surface area (Å²) in [6.45, 7) is 0. The highest BCUT2D eigenvalue weighted by Crippen LogP contribution is 2.43. The number of hydrogen-bond donors (Lipinski definition) is 0. The summed E-state index contributed by atoms with van der Waals surface area (Å²) in [4.78, 5) is 15.6. The SMILES string of the molecule is c1ccc(-c2cccc(-c3cc(-n4c5ccccc5c5ccccc54)c(-c4nc(-c5ccccc5)nc(-c5ccccc5)n4)c4ccccc34)c2)cc1. The van der Waals surface area contributed by atoms with E-state index < -0.39 is 0 Å². The fourth-order valence-electron chi connectivity index (χ4n) is 7.61. The van der Waals surface area contributed by atoms with Crippen molar-refractivity contribution in [2.45, 2.75) is 0 Å². The molecule has 0 aliphatic heterocycles. The third-order valence-corrected chi connectivity index (χ3v) is 10.0. The third-order valence-electron chi connectivity index (χ3n) is 10.0. The zero-order chi connectivity index (χ0) is 35.1. The minimum Gasteiger partial charge on any atom is -0.308 e. The van der Waals surface area contributed by atoms with Crippen molar-refractivity contribution in [3.63, 3.8) is 0 Å². The second-order valence-electron chi connectivity index (χ2n) is 13.2. The van der Waals surface area contributed by atoms with Gasteiger partial charge in [-0.25, -0.2) is 15.0 Å². The smallest absolute Gasteiger partial charge is 0.166 e. The van der Waals surface area contributed by atoms with Crippen LogP contribution in [0.1, 0.15) is 0 Å². The standard InChI is InChI=1S/C49H32N4/c1-4-17-33(18-5-1)36-23-16-24-37(31-36)42-32-45(53-43-29-14-12-26-39(43)40-27-13-15-30-44(40)53)46(41-28-11-10-25-38(41)42)49-51-47(34-19-6-2-7-20-34)50-48(52-49)35-21-8-3-9-22-35/h1-32H. The lowest BCUT2D eigenvalue weighted by Crippen LogP contribution is -2.05. The molecule has 0 spiro atoms. The van der Waals surface area contributed by atoms with Crippen molar-refractivity contribution in [2.24, 2.45) is 0 Å². The maximum Gasteiger partial charge on any atom is 0.166 e. The molecule has 2 heterocycles. The minimum absolute atomic E-state index is 0.621. The average Bonchev–Trinajstić information content (AvgIpc) is 3.58. The molecule has 0 atom stereocenters. The molecule has 0 unspecified atom stereocenters. The Balaban J connectivity index is 1.34. The lowest BCUT2D eigenvalue weighted by Gasteiger charge is -2.20. The van der Waals surface area contributed by atoms with Gasteiger partial charge < -0.3 is 4.57 Å². The molecule has 0 saturated heterocycles. The van der Waals surface area contributed by atoms with Crippen LogP contribution in [0.5, 0.6) is 0 Å². The van der Waals surface area contributed by atoms with E-state index in [1.807, 2.05) is 36.4 Å². The summed E-state index contributed by atoms with van der Waals surface area (Å²) in [7, 11) is 0. The van der Waals surface area contributed by atoms with Crippen LogP contribution in [0.3, 0.4) is 0 Å². The second-order valence-corrected chi connectivity index (χ2v) is 13.2. The molecule has 0 radical (unpaired) electrons. The molecule has 248 valence electrons. The summed E-state index contributed by atoms with van der Waals surface area (Å²) in [6, 6.07) is 68.1. The van der Waals surface area contributed by atoms with Crippen molar-refractivity contribution in [3.05, 3.63) is 194 Å². The molecule has 0 aliphatic carbocycles. The van der Waals surface area contributed by atoms with Gasteiger partial charge >= 0.3 is 0 Å². The molecule has 10 rings (SSSR count). The van der Waals surface area contributed by atoms with E-state index in [9.17, 15) is 0 Å². The fourth-order valence-corrected chi connectivity index (χ4v) is 7.61. The van der Waals surface area contributed by atoms with Gasteiger partial charge in [0.25, 0.3) is 0 Å². The monoisotopic (exact) mass is 676 g/mol. The molecule has 2 aromatic heterocycles. The number of fused-ring (bicyclic) bond motifs is 4. The van der Waals surface area contributed by atoms with Crippen LogP contribution in [0.25, 0.3) is 94.7 Å². The van der Waals surface area contributed by atoms with E-state index in [4.69, 9.17) is 15.0 Å². The van der Waals surface area contributed by atoms with Crippen LogP contribution in [0.4, 0.5) is 0 Å². The molecule has 0 amide bonds. The van der Waals surface area contributed by atoms with E-state index in [0.29, 0.717) is 17.5 Å². The first-order valence-electron chi connectivity index (χ1n) is 17.9. The maximum atomic E-state index is 5.30. The lowest BCUT2D eigenvalue weighted by atomic mass is 9.91. The minimum atomic E-state index is 0.621. The molecule has 0 bridgehead atoms. The molecular formula is C49H32N4. The molecule has 4 nitrogen and oxygen atoms in total. The van der Waals surface area contributed by atoms with Gasteiger partial charge in [0.1, 0.15) is 0 Å². The van der Waals surface area contributed by atoms with Crippen LogP contribution in [0.2, 0.25) is 0 Å². The molecule has 8 aromatic carbocycles. The van der Waals surface area contributed by atoms with Gasteiger partial charge in [-0.2, -0.15) is 0 Å². The van der Waals surface area contributed by atoms with Gasteiger partial charge in [-0.3, -0.25) is 0 Å². The van der Waals surface area contributed by atoms with Crippen LogP contribution in [0.15, 0.2) is 194 Å². The summed E-state index contributed by atoms with van der Waals surface area (Å²) in [5.74, 6) is 1.88. The Morgan fingerprint density at radius 3 is 1.32 bits per heavy atom.